The van der Waals surface area contributed by atoms with E-state index in [-0.39, 0.29) is 40.2 Å². The molecule has 1 saturated carbocycles. The number of nitrogens with zero attached hydrogens (tertiary/aromatic N) is 3. The number of benzene rings is 2. The van der Waals surface area contributed by atoms with Crippen LogP contribution in [0.25, 0.3) is 22.0 Å². The van der Waals surface area contributed by atoms with Crippen LogP contribution in [-0.4, -0.2) is 79.6 Å². The number of hydrogen-bond acceptors (Lipinski definition) is 9. The highest BCUT2D eigenvalue weighted by Crippen LogP contribution is 2.39. The van der Waals surface area contributed by atoms with Gasteiger partial charge in [0.1, 0.15) is 23.0 Å². The molecule has 2 fully saturated rings. The number of amides is 1. The molecule has 6 rings (SSSR count). The molecule has 0 atom stereocenters. The molecule has 4 aromatic rings. The summed E-state index contributed by atoms with van der Waals surface area (Å²) in [5.74, 6) is 0.650. The summed E-state index contributed by atoms with van der Waals surface area (Å²) in [4.78, 5) is 27.8. The van der Waals surface area contributed by atoms with Gasteiger partial charge in [0.05, 0.1) is 16.8 Å². The summed E-state index contributed by atoms with van der Waals surface area (Å²) in [5, 5.41) is 0.400. The van der Waals surface area contributed by atoms with Gasteiger partial charge in [0, 0.05) is 74.2 Å². The molecule has 1 aliphatic carbocycles. The van der Waals surface area contributed by atoms with Crippen LogP contribution in [0.1, 0.15) is 64.5 Å². The first-order chi connectivity index (χ1) is 24.9. The van der Waals surface area contributed by atoms with E-state index >= 15 is 0 Å². The number of hydrogen-bond donors (Lipinski definition) is 0. The first-order valence-electron chi connectivity index (χ1n) is 18.1. The molecule has 3 heterocycles. The van der Waals surface area contributed by atoms with Crippen LogP contribution in [0.4, 0.5) is 4.79 Å². The molecule has 2 aromatic heterocycles. The quantitative estimate of drug-likeness (QED) is 0.178. The lowest BCUT2D eigenvalue weighted by Crippen LogP contribution is -2.44. The zero-order chi connectivity index (χ0) is 38.3. The van der Waals surface area contributed by atoms with Crippen molar-refractivity contribution in [3.8, 4) is 16.9 Å². The molecule has 0 N–H and O–H groups in total. The van der Waals surface area contributed by atoms with Gasteiger partial charge in [-0.05, 0) is 82.3 Å². The maximum Gasteiger partial charge on any atom is 0.410 e. The minimum atomic E-state index is -4.11. The average molecular weight is 768 g/mol. The Morgan fingerprint density at radius 1 is 0.925 bits per heavy atom. The van der Waals surface area contributed by atoms with Gasteiger partial charge >= 0.3 is 6.09 Å². The van der Waals surface area contributed by atoms with Gasteiger partial charge in [0.25, 0.3) is 15.6 Å². The predicted octanol–water partition coefficient (Wildman–Crippen LogP) is 6.06. The van der Waals surface area contributed by atoms with Crippen molar-refractivity contribution in [1.29, 1.82) is 0 Å². The van der Waals surface area contributed by atoms with Gasteiger partial charge in [-0.1, -0.05) is 30.7 Å². The van der Waals surface area contributed by atoms with Crippen molar-refractivity contribution in [2.75, 3.05) is 25.4 Å². The van der Waals surface area contributed by atoms with Crippen molar-refractivity contribution in [3.05, 3.63) is 82.4 Å². The maximum atomic E-state index is 13.8. The van der Waals surface area contributed by atoms with Crippen LogP contribution in [0.2, 0.25) is 0 Å². The molecule has 0 spiro atoms. The van der Waals surface area contributed by atoms with E-state index in [9.17, 15) is 26.4 Å². The van der Waals surface area contributed by atoms with Gasteiger partial charge < -0.3 is 23.7 Å². The van der Waals surface area contributed by atoms with Crippen molar-refractivity contribution < 1.29 is 35.8 Å². The summed E-state index contributed by atoms with van der Waals surface area (Å²) in [5.41, 5.74) is 1.51. The Bertz CT molecular complexity index is 2260. The Morgan fingerprint density at radius 2 is 1.60 bits per heavy atom. The van der Waals surface area contributed by atoms with Crippen LogP contribution in [0.15, 0.2) is 70.6 Å². The van der Waals surface area contributed by atoms with Crippen LogP contribution < -0.4 is 10.3 Å². The second-order valence-electron chi connectivity index (χ2n) is 15.2. The molecule has 0 unspecified atom stereocenters. The average Bonchev–Trinajstić information content (AvgIpc) is 3.54. The van der Waals surface area contributed by atoms with Crippen molar-refractivity contribution in [1.82, 2.24) is 13.4 Å². The van der Waals surface area contributed by atoms with Crippen LogP contribution in [0.3, 0.4) is 0 Å². The second-order valence-corrected chi connectivity index (χ2v) is 19.4. The first-order valence-corrected chi connectivity index (χ1v) is 21.3. The number of likely N-dealkylation sites (tertiary alicyclic amines) is 1. The third kappa shape index (κ3) is 8.65. The predicted molar refractivity (Wildman–Crippen MR) is 203 cm³/mol. The van der Waals surface area contributed by atoms with Crippen LogP contribution >= 0.6 is 0 Å². The summed E-state index contributed by atoms with van der Waals surface area (Å²) in [6.07, 6.45) is 5.61. The van der Waals surface area contributed by atoms with E-state index in [0.717, 1.165) is 22.4 Å². The van der Waals surface area contributed by atoms with E-state index in [4.69, 9.17) is 14.2 Å². The molecular weight excluding hydrogens is 719 g/mol. The monoisotopic (exact) mass is 767 g/mol. The molecule has 53 heavy (non-hydrogen) atoms. The summed E-state index contributed by atoms with van der Waals surface area (Å²) in [6, 6.07) is 13.3. The third-order valence-electron chi connectivity index (χ3n) is 9.91. The normalized spacial score (nSPS) is 18.6. The number of aromatic nitrogens is 2. The molecule has 2 aliphatic rings. The fourth-order valence-corrected chi connectivity index (χ4v) is 8.95. The van der Waals surface area contributed by atoms with Gasteiger partial charge in [-0.3, -0.25) is 4.79 Å². The zero-order valence-corrected chi connectivity index (χ0v) is 32.8. The van der Waals surface area contributed by atoms with E-state index < -0.39 is 31.0 Å². The number of sulfone groups is 1. The molecular formula is C39H49N3O9S2. The number of ether oxygens (including phenoxy) is 3. The molecule has 2 aromatic carbocycles. The van der Waals surface area contributed by atoms with E-state index in [1.807, 2.05) is 27.7 Å². The zero-order valence-electron chi connectivity index (χ0n) is 31.2. The Morgan fingerprint density at radius 3 is 2.25 bits per heavy atom. The maximum absolute atomic E-state index is 13.8. The molecule has 14 heteroatoms. The van der Waals surface area contributed by atoms with Gasteiger partial charge in [-0.25, -0.2) is 25.6 Å². The number of carbonyl (C=O) groups excluding carboxylic acids is 1. The van der Waals surface area contributed by atoms with Crippen LogP contribution in [0, 0.1) is 12.8 Å². The minimum Gasteiger partial charge on any atom is -0.490 e. The van der Waals surface area contributed by atoms with E-state index in [2.05, 4.69) is 0 Å². The largest absolute Gasteiger partial charge is 0.490 e. The number of aryl methyl sites for hydroxylation is 2. The Kier molecular flexibility index (Phi) is 10.9. The fourth-order valence-electron chi connectivity index (χ4n) is 6.72. The molecule has 1 amide bonds. The van der Waals surface area contributed by atoms with Crippen LogP contribution in [-0.2, 0) is 42.1 Å². The lowest BCUT2D eigenvalue weighted by molar-refractivity contribution is -0.0761. The first kappa shape index (κ1) is 38.6. The lowest BCUT2D eigenvalue weighted by Gasteiger charge is -2.38. The molecule has 12 nitrogen and oxygen atoms in total. The Balaban J connectivity index is 1.21. The molecule has 0 radical (unpaired) electrons. The Hall–Kier alpha value is -4.14. The number of fused-ring (bicyclic) bond motifs is 1. The minimum absolute atomic E-state index is 0.0165. The van der Waals surface area contributed by atoms with Gasteiger partial charge in [0.2, 0.25) is 0 Å². The summed E-state index contributed by atoms with van der Waals surface area (Å²) < 4.78 is 73.5. The van der Waals surface area contributed by atoms with Crippen molar-refractivity contribution in [2.45, 2.75) is 88.8 Å². The molecule has 1 aliphatic heterocycles. The van der Waals surface area contributed by atoms with Crippen molar-refractivity contribution in [2.24, 2.45) is 13.0 Å². The third-order valence-corrected chi connectivity index (χ3v) is 13.2. The number of pyridine rings is 1. The topological polar surface area (TPSA) is 143 Å². The highest BCUT2D eigenvalue weighted by molar-refractivity contribution is 7.90. The molecule has 286 valence electrons. The Labute approximate surface area is 311 Å². The summed E-state index contributed by atoms with van der Waals surface area (Å²) in [6.45, 7) is 10.9. The second kappa shape index (κ2) is 14.9. The van der Waals surface area contributed by atoms with E-state index in [1.165, 1.54) is 22.9 Å². The van der Waals surface area contributed by atoms with Gasteiger partial charge in [0.15, 0.2) is 9.84 Å². The standard InChI is InChI=1S/C39H49N3O9S2/c1-7-52(45,46)25-28-10-13-35(50-30-21-29(22-30)49-24-27-14-17-41(18-15-27)38(44)51-39(3,4)5)33(20-28)34-23-40(6)37(43)36-32(34)16-19-42(36)53(47,48)31-11-8-26(2)9-12-31/h8-13,16,19-20,23,27,29-30H,7,14-15,17-18,21-22,24-25H2,1-6H3/t29-,30-. The highest BCUT2D eigenvalue weighted by atomic mass is 32.2. The van der Waals surface area contributed by atoms with Crippen molar-refractivity contribution >= 4 is 36.9 Å². The van der Waals surface area contributed by atoms with E-state index in [0.29, 0.717) is 66.3 Å². The summed E-state index contributed by atoms with van der Waals surface area (Å²) in [7, 11) is -5.92. The number of rotatable bonds is 11. The smallest absolute Gasteiger partial charge is 0.410 e. The van der Waals surface area contributed by atoms with Crippen LogP contribution in [0.5, 0.6) is 5.75 Å². The molecule has 1 saturated heterocycles. The van der Waals surface area contributed by atoms with Crippen molar-refractivity contribution in [3.63, 3.8) is 0 Å². The fraction of sp³-hybridized carbons (Fsp3) is 0.487. The number of carbonyl (C=O) groups is 1. The SMILES string of the molecule is CCS(=O)(=O)Cc1ccc(O[C@H]2C[C@H](OCC3CCN(C(=O)OC(C)(C)C)CC3)C2)c(-c2cn(C)c(=O)c3c2ccn3S(=O)(=O)c2ccc(C)cc2)c1. The number of piperidine rings is 1. The molecule has 0 bridgehead atoms. The van der Waals surface area contributed by atoms with Gasteiger partial charge in [-0.15, -0.1) is 0 Å². The van der Waals surface area contributed by atoms with E-state index in [1.54, 1.807) is 61.5 Å². The highest BCUT2D eigenvalue weighted by Gasteiger charge is 2.34. The van der Waals surface area contributed by atoms with Gasteiger partial charge in [-0.2, -0.15) is 0 Å². The lowest BCUT2D eigenvalue weighted by atomic mass is 9.91. The summed E-state index contributed by atoms with van der Waals surface area (Å²) >= 11 is 0.